The maximum atomic E-state index is 13.0. The molecule has 1 unspecified atom stereocenters. The van der Waals surface area contributed by atoms with Gasteiger partial charge in [0.1, 0.15) is 18.3 Å². The number of benzene rings is 1. The Labute approximate surface area is 219 Å². The zero-order valence-corrected chi connectivity index (χ0v) is 21.1. The minimum atomic E-state index is -4.52. The summed E-state index contributed by atoms with van der Waals surface area (Å²) in [5, 5.41) is 12.2. The Hall–Kier alpha value is -3.67. The fraction of sp³-hybridized carbons (Fsp3) is 0.448. The zero-order valence-electron chi connectivity index (χ0n) is 21.1. The highest BCUT2D eigenvalue weighted by molar-refractivity contribution is 5.97. The molecule has 2 aromatic heterocycles. The van der Waals surface area contributed by atoms with Gasteiger partial charge in [0.25, 0.3) is 0 Å². The van der Waals surface area contributed by atoms with E-state index >= 15 is 0 Å². The second-order valence-electron chi connectivity index (χ2n) is 10.8. The van der Waals surface area contributed by atoms with Gasteiger partial charge in [-0.1, -0.05) is 18.2 Å². The molecule has 3 fully saturated rings. The van der Waals surface area contributed by atoms with Crippen molar-refractivity contribution in [2.75, 3.05) is 24.5 Å². The molecule has 1 atom stereocenters. The Balaban J connectivity index is 1.37. The fourth-order valence-electron chi connectivity index (χ4n) is 5.70. The van der Waals surface area contributed by atoms with Gasteiger partial charge in [0.2, 0.25) is 5.91 Å². The Morgan fingerprint density at radius 1 is 1.13 bits per heavy atom. The Bertz CT molecular complexity index is 1460. The summed E-state index contributed by atoms with van der Waals surface area (Å²) in [5.41, 5.74) is 4.27. The van der Waals surface area contributed by atoms with Gasteiger partial charge in [0, 0.05) is 48.4 Å². The van der Waals surface area contributed by atoms with Gasteiger partial charge in [-0.2, -0.15) is 18.4 Å². The molecule has 0 spiro atoms. The number of pyridine rings is 2. The van der Waals surface area contributed by atoms with E-state index in [1.807, 2.05) is 36.2 Å². The van der Waals surface area contributed by atoms with E-state index in [4.69, 9.17) is 4.98 Å². The van der Waals surface area contributed by atoms with Crippen molar-refractivity contribution in [3.05, 3.63) is 53.5 Å². The number of carbonyl (C=O) groups is 1. The monoisotopic (exact) mass is 519 g/mol. The first kappa shape index (κ1) is 24.7. The van der Waals surface area contributed by atoms with Gasteiger partial charge in [-0.05, 0) is 61.6 Å². The number of hydrogen-bond donors (Lipinski definition) is 0. The fourth-order valence-corrected chi connectivity index (χ4v) is 5.70. The van der Waals surface area contributed by atoms with Crippen molar-refractivity contribution in [1.29, 1.82) is 5.26 Å². The molecule has 9 heteroatoms. The van der Waals surface area contributed by atoms with E-state index in [0.717, 1.165) is 59.0 Å². The molecule has 3 aromatic rings. The average molecular weight is 520 g/mol. The smallest absolute Gasteiger partial charge is 0.352 e. The lowest BCUT2D eigenvalue weighted by Crippen LogP contribution is -2.57. The normalized spacial score (nSPS) is 20.0. The zero-order chi connectivity index (χ0) is 26.6. The molecule has 196 valence electrons. The minimum Gasteiger partial charge on any atom is -0.352 e. The third-order valence-corrected chi connectivity index (χ3v) is 7.86. The summed E-state index contributed by atoms with van der Waals surface area (Å²) in [7, 11) is 0. The van der Waals surface area contributed by atoms with E-state index in [9.17, 15) is 23.2 Å². The molecule has 6 nitrogen and oxygen atoms in total. The van der Waals surface area contributed by atoms with E-state index in [2.05, 4.69) is 23.2 Å². The summed E-state index contributed by atoms with van der Waals surface area (Å²) < 4.78 is 38.9. The second kappa shape index (κ2) is 9.26. The van der Waals surface area contributed by atoms with Crippen LogP contribution in [0.5, 0.6) is 0 Å². The van der Waals surface area contributed by atoms with Crippen molar-refractivity contribution in [2.24, 2.45) is 5.92 Å². The number of amides is 1. The van der Waals surface area contributed by atoms with Crippen LogP contribution in [0.25, 0.3) is 21.9 Å². The van der Waals surface area contributed by atoms with Crippen LogP contribution in [0, 0.1) is 24.2 Å². The van der Waals surface area contributed by atoms with E-state index in [-0.39, 0.29) is 18.5 Å². The van der Waals surface area contributed by atoms with E-state index in [1.54, 1.807) is 0 Å². The largest absolute Gasteiger partial charge is 0.397 e. The number of fused-ring (bicyclic) bond motifs is 1. The van der Waals surface area contributed by atoms with Crippen LogP contribution in [0.1, 0.15) is 55.0 Å². The molecule has 1 saturated heterocycles. The first-order valence-electron chi connectivity index (χ1n) is 13.1. The maximum absolute atomic E-state index is 13.0. The number of carbonyl (C=O) groups excluding carboxylic acids is 1. The van der Waals surface area contributed by atoms with Gasteiger partial charge in [-0.3, -0.25) is 9.78 Å². The minimum absolute atomic E-state index is 0.190. The number of halogens is 3. The number of alkyl halides is 3. The standard InChI is InChI=1S/C29H28F3N5O/c1-17-11-23-20(15-34-17)3-2-4-22(23)24-12-21(14-33)28(35-27(24)19-7-8-19)36-9-10-37(25(16-36)18-5-6-18)26(38)13-29(30,31)32/h2-4,11-12,15,18-19,25H,5-10,13,16H2,1H3. The highest BCUT2D eigenvalue weighted by atomic mass is 19.4. The predicted molar refractivity (Wildman–Crippen MR) is 138 cm³/mol. The van der Waals surface area contributed by atoms with Crippen LogP contribution in [-0.4, -0.2) is 52.6 Å². The molecule has 1 aromatic carbocycles. The quantitative estimate of drug-likeness (QED) is 0.430. The Kier molecular flexibility index (Phi) is 6.01. The van der Waals surface area contributed by atoms with E-state index < -0.39 is 18.5 Å². The van der Waals surface area contributed by atoms with Gasteiger partial charge < -0.3 is 9.80 Å². The predicted octanol–water partition coefficient (Wildman–Crippen LogP) is 5.73. The molecule has 1 amide bonds. The third-order valence-electron chi connectivity index (χ3n) is 7.86. The number of nitrogens with zero attached hydrogens (tertiary/aromatic N) is 5. The highest BCUT2D eigenvalue weighted by Gasteiger charge is 2.44. The van der Waals surface area contributed by atoms with Crippen molar-refractivity contribution in [3.63, 3.8) is 0 Å². The van der Waals surface area contributed by atoms with Crippen LogP contribution < -0.4 is 4.90 Å². The summed E-state index contributed by atoms with van der Waals surface area (Å²) in [6.07, 6.45) is -0.248. The number of hydrogen-bond acceptors (Lipinski definition) is 5. The number of nitriles is 1. The number of aromatic nitrogens is 2. The van der Waals surface area contributed by atoms with Gasteiger partial charge in [-0.15, -0.1) is 0 Å². The number of anilines is 1. The molecular weight excluding hydrogens is 491 g/mol. The first-order valence-corrected chi connectivity index (χ1v) is 13.1. The van der Waals surface area contributed by atoms with Crippen LogP contribution in [0.3, 0.4) is 0 Å². The summed E-state index contributed by atoms with van der Waals surface area (Å²) in [5.74, 6) is 0.209. The van der Waals surface area contributed by atoms with E-state index in [0.29, 0.717) is 30.4 Å². The summed E-state index contributed by atoms with van der Waals surface area (Å²) >= 11 is 0. The van der Waals surface area contributed by atoms with Crippen LogP contribution in [0.15, 0.2) is 36.5 Å². The lowest BCUT2D eigenvalue weighted by Gasteiger charge is -2.42. The Morgan fingerprint density at radius 3 is 2.61 bits per heavy atom. The number of aryl methyl sites for hydroxylation is 1. The summed E-state index contributed by atoms with van der Waals surface area (Å²) in [4.78, 5) is 25.4. The SMILES string of the molecule is Cc1cc2c(-c3cc(C#N)c(N4CCN(C(=O)CC(F)(F)F)C(C5CC5)C4)nc3C3CC3)cccc2cn1. The molecule has 1 aliphatic heterocycles. The lowest BCUT2D eigenvalue weighted by molar-refractivity contribution is -0.163. The molecule has 3 heterocycles. The van der Waals surface area contributed by atoms with Gasteiger partial charge in [0.05, 0.1) is 17.3 Å². The molecule has 6 rings (SSSR count). The summed E-state index contributed by atoms with van der Waals surface area (Å²) in [6, 6.07) is 12.1. The number of rotatable bonds is 5. The van der Waals surface area contributed by atoms with Crippen molar-refractivity contribution in [3.8, 4) is 17.2 Å². The summed E-state index contributed by atoms with van der Waals surface area (Å²) in [6.45, 7) is 2.88. The third kappa shape index (κ3) is 4.80. The van der Waals surface area contributed by atoms with Crippen molar-refractivity contribution >= 4 is 22.5 Å². The molecule has 0 bridgehead atoms. The molecule has 2 aliphatic carbocycles. The van der Waals surface area contributed by atoms with Crippen molar-refractivity contribution < 1.29 is 18.0 Å². The lowest BCUT2D eigenvalue weighted by atomic mass is 9.94. The Morgan fingerprint density at radius 2 is 1.92 bits per heavy atom. The number of piperazine rings is 1. The average Bonchev–Trinajstić information content (AvgIpc) is 3.80. The van der Waals surface area contributed by atoms with Gasteiger partial charge in [0.15, 0.2) is 0 Å². The maximum Gasteiger partial charge on any atom is 0.397 e. The van der Waals surface area contributed by atoms with E-state index in [1.165, 1.54) is 4.90 Å². The van der Waals surface area contributed by atoms with Crippen molar-refractivity contribution in [2.45, 2.75) is 57.2 Å². The van der Waals surface area contributed by atoms with Gasteiger partial charge >= 0.3 is 6.18 Å². The highest BCUT2D eigenvalue weighted by Crippen LogP contribution is 2.46. The molecule has 0 N–H and O–H groups in total. The van der Waals surface area contributed by atoms with Crippen LogP contribution in [0.2, 0.25) is 0 Å². The molecular formula is C29H28F3N5O. The molecule has 38 heavy (non-hydrogen) atoms. The molecule has 3 aliphatic rings. The van der Waals surface area contributed by atoms with Crippen LogP contribution in [0.4, 0.5) is 19.0 Å². The van der Waals surface area contributed by atoms with Crippen molar-refractivity contribution in [1.82, 2.24) is 14.9 Å². The molecule has 2 saturated carbocycles. The topological polar surface area (TPSA) is 73.1 Å². The van der Waals surface area contributed by atoms with Gasteiger partial charge in [-0.25, -0.2) is 4.98 Å². The molecule has 0 radical (unpaired) electrons. The van der Waals surface area contributed by atoms with Crippen LogP contribution in [-0.2, 0) is 4.79 Å². The second-order valence-corrected chi connectivity index (χ2v) is 10.8. The van der Waals surface area contributed by atoms with Crippen LogP contribution >= 0.6 is 0 Å². The first-order chi connectivity index (χ1) is 18.2.